The van der Waals surface area contributed by atoms with Gasteiger partial charge in [0, 0.05) is 18.0 Å². The lowest BCUT2D eigenvalue weighted by Crippen LogP contribution is -2.35. The minimum absolute atomic E-state index is 0.0851. The number of Topliss-reactive ketones (excluding diaryl/α,β-unsaturated/α-hetero) is 1. The number of aromatic nitrogens is 1. The summed E-state index contributed by atoms with van der Waals surface area (Å²) in [6, 6.07) is 10.8. The van der Waals surface area contributed by atoms with Crippen molar-refractivity contribution in [1.29, 1.82) is 0 Å². The molecule has 7 heteroatoms. The second-order valence-electron chi connectivity index (χ2n) is 5.66. The number of ketones is 1. The number of amides is 1. The van der Waals surface area contributed by atoms with E-state index in [1.165, 1.54) is 13.3 Å². The fourth-order valence-electron chi connectivity index (χ4n) is 2.88. The van der Waals surface area contributed by atoms with Gasteiger partial charge in [0.05, 0.1) is 18.7 Å². The van der Waals surface area contributed by atoms with E-state index in [0.717, 1.165) is 4.90 Å². The first kappa shape index (κ1) is 17.3. The van der Waals surface area contributed by atoms with Crippen molar-refractivity contribution in [3.8, 4) is 0 Å². The summed E-state index contributed by atoms with van der Waals surface area (Å²) in [7, 11) is 1.20. The third-order valence-electron chi connectivity index (χ3n) is 4.11. The molecule has 7 nitrogen and oxygen atoms in total. The predicted octanol–water partition coefficient (Wildman–Crippen LogP) is 1.68. The summed E-state index contributed by atoms with van der Waals surface area (Å²) in [5, 5.41) is 10.7. The fourth-order valence-corrected chi connectivity index (χ4v) is 2.88. The highest BCUT2D eigenvalue weighted by molar-refractivity contribution is 6.46. The molecule has 0 aliphatic carbocycles. The number of esters is 1. The largest absolute Gasteiger partial charge is 0.507 e. The molecule has 0 unspecified atom stereocenters. The first-order valence-corrected chi connectivity index (χ1v) is 7.85. The molecule has 1 fully saturated rings. The number of hydrogen-bond donors (Lipinski definition) is 1. The summed E-state index contributed by atoms with van der Waals surface area (Å²) in [5.74, 6) is -2.70. The van der Waals surface area contributed by atoms with Gasteiger partial charge in [-0.1, -0.05) is 36.4 Å². The van der Waals surface area contributed by atoms with Gasteiger partial charge < -0.3 is 14.7 Å². The molecule has 3 rings (SSSR count). The lowest BCUT2D eigenvalue weighted by molar-refractivity contribution is -0.148. The number of pyridine rings is 1. The SMILES string of the molecule is COC(=O)CN1C(=O)C(=O)C(=C(O)c2ccccc2)[C@H]1c1cccnc1. The smallest absolute Gasteiger partial charge is 0.325 e. The van der Waals surface area contributed by atoms with Crippen molar-refractivity contribution in [1.82, 2.24) is 9.88 Å². The van der Waals surface area contributed by atoms with Gasteiger partial charge in [-0.15, -0.1) is 0 Å². The van der Waals surface area contributed by atoms with E-state index < -0.39 is 30.2 Å². The van der Waals surface area contributed by atoms with Crippen LogP contribution in [-0.2, 0) is 19.1 Å². The van der Waals surface area contributed by atoms with Crippen LogP contribution in [0.15, 0.2) is 60.4 Å². The molecule has 0 saturated carbocycles. The highest BCUT2D eigenvalue weighted by Crippen LogP contribution is 2.38. The molecule has 1 atom stereocenters. The van der Waals surface area contributed by atoms with Gasteiger partial charge in [-0.25, -0.2) is 0 Å². The molecule has 1 aromatic heterocycles. The second-order valence-corrected chi connectivity index (χ2v) is 5.66. The Kier molecular flexibility index (Phi) is 4.79. The van der Waals surface area contributed by atoms with Crippen molar-refractivity contribution in [2.45, 2.75) is 6.04 Å². The Labute approximate surface area is 149 Å². The lowest BCUT2D eigenvalue weighted by Gasteiger charge is -2.23. The number of likely N-dealkylation sites (tertiary alicyclic amines) is 1. The van der Waals surface area contributed by atoms with Crippen LogP contribution in [0.3, 0.4) is 0 Å². The average Bonchev–Trinajstić information content (AvgIpc) is 2.93. The van der Waals surface area contributed by atoms with Crippen LogP contribution in [0.25, 0.3) is 5.76 Å². The Balaban J connectivity index is 2.16. The van der Waals surface area contributed by atoms with E-state index in [1.54, 1.807) is 48.7 Å². The quantitative estimate of drug-likeness (QED) is 0.389. The topological polar surface area (TPSA) is 96.8 Å². The molecule has 0 bridgehead atoms. The minimum Gasteiger partial charge on any atom is -0.507 e. The molecule has 0 radical (unpaired) electrons. The van der Waals surface area contributed by atoms with Gasteiger partial charge in [-0.05, 0) is 11.6 Å². The molecule has 1 aliphatic heterocycles. The van der Waals surface area contributed by atoms with Gasteiger partial charge in [-0.3, -0.25) is 19.4 Å². The molecule has 1 aromatic carbocycles. The molecule has 2 aromatic rings. The summed E-state index contributed by atoms with van der Waals surface area (Å²) in [5.41, 5.74) is 0.823. The summed E-state index contributed by atoms with van der Waals surface area (Å²) < 4.78 is 4.62. The zero-order valence-electron chi connectivity index (χ0n) is 14.0. The maximum Gasteiger partial charge on any atom is 0.325 e. The number of nitrogens with zero attached hydrogens (tertiary/aromatic N) is 2. The van der Waals surface area contributed by atoms with Gasteiger partial charge in [0.25, 0.3) is 11.7 Å². The summed E-state index contributed by atoms with van der Waals surface area (Å²) in [4.78, 5) is 41.9. The van der Waals surface area contributed by atoms with Crippen molar-refractivity contribution >= 4 is 23.4 Å². The third-order valence-corrected chi connectivity index (χ3v) is 4.11. The zero-order chi connectivity index (χ0) is 18.7. The number of carbonyl (C=O) groups is 3. The third kappa shape index (κ3) is 3.06. The molecule has 2 heterocycles. The normalized spacial score (nSPS) is 18.8. The number of hydrogen-bond acceptors (Lipinski definition) is 6. The predicted molar refractivity (Wildman–Crippen MR) is 91.7 cm³/mol. The minimum atomic E-state index is -0.928. The Morgan fingerprint density at radius 1 is 1.19 bits per heavy atom. The van der Waals surface area contributed by atoms with E-state index in [-0.39, 0.29) is 11.3 Å². The van der Waals surface area contributed by atoms with E-state index in [1.807, 2.05) is 0 Å². The highest BCUT2D eigenvalue weighted by Gasteiger charge is 2.47. The van der Waals surface area contributed by atoms with Crippen LogP contribution in [0.1, 0.15) is 17.2 Å². The summed E-state index contributed by atoms with van der Waals surface area (Å²) in [6.45, 7) is -0.411. The van der Waals surface area contributed by atoms with Crippen LogP contribution in [0.2, 0.25) is 0 Å². The van der Waals surface area contributed by atoms with Crippen LogP contribution < -0.4 is 0 Å². The van der Waals surface area contributed by atoms with Crippen molar-refractivity contribution in [3.05, 3.63) is 71.6 Å². The maximum atomic E-state index is 12.6. The van der Waals surface area contributed by atoms with Crippen LogP contribution in [-0.4, -0.2) is 46.3 Å². The van der Waals surface area contributed by atoms with Gasteiger partial charge in [0.2, 0.25) is 0 Å². The van der Waals surface area contributed by atoms with Crippen LogP contribution in [0.5, 0.6) is 0 Å². The second kappa shape index (κ2) is 7.18. The Bertz CT molecular complexity index is 877. The first-order valence-electron chi connectivity index (χ1n) is 7.85. The van der Waals surface area contributed by atoms with Gasteiger partial charge >= 0.3 is 5.97 Å². The molecular formula is C19H16N2O5. The van der Waals surface area contributed by atoms with E-state index >= 15 is 0 Å². The maximum absolute atomic E-state index is 12.6. The number of aliphatic hydroxyl groups excluding tert-OH is 1. The zero-order valence-corrected chi connectivity index (χ0v) is 14.0. The Morgan fingerprint density at radius 2 is 1.92 bits per heavy atom. The molecule has 132 valence electrons. The summed E-state index contributed by atoms with van der Waals surface area (Å²) >= 11 is 0. The number of methoxy groups -OCH3 is 1. The van der Waals surface area contributed by atoms with E-state index in [4.69, 9.17) is 0 Å². The number of carbonyl (C=O) groups excluding carboxylic acids is 3. The average molecular weight is 352 g/mol. The molecule has 1 amide bonds. The molecule has 0 spiro atoms. The number of ether oxygens (including phenoxy) is 1. The van der Waals surface area contributed by atoms with Gasteiger partial charge in [-0.2, -0.15) is 0 Å². The van der Waals surface area contributed by atoms with Gasteiger partial charge in [0.1, 0.15) is 12.3 Å². The highest BCUT2D eigenvalue weighted by atomic mass is 16.5. The molecule has 1 N–H and O–H groups in total. The van der Waals surface area contributed by atoms with Crippen LogP contribution in [0, 0.1) is 0 Å². The fraction of sp³-hybridized carbons (Fsp3) is 0.158. The van der Waals surface area contributed by atoms with Crippen LogP contribution >= 0.6 is 0 Å². The number of benzene rings is 1. The number of rotatable bonds is 4. The lowest BCUT2D eigenvalue weighted by atomic mass is 9.96. The van der Waals surface area contributed by atoms with E-state index in [0.29, 0.717) is 11.1 Å². The van der Waals surface area contributed by atoms with Crippen molar-refractivity contribution in [2.24, 2.45) is 0 Å². The van der Waals surface area contributed by atoms with E-state index in [2.05, 4.69) is 9.72 Å². The molecular weight excluding hydrogens is 336 g/mol. The molecule has 1 aliphatic rings. The number of aliphatic hydroxyl groups is 1. The summed E-state index contributed by atoms with van der Waals surface area (Å²) in [6.07, 6.45) is 3.03. The monoisotopic (exact) mass is 352 g/mol. The standard InChI is InChI=1S/C19H16N2O5/c1-26-14(22)11-21-16(13-8-5-9-20-10-13)15(18(24)19(21)25)17(23)12-6-3-2-4-7-12/h2-10,16,23H,11H2,1H3/t16-/m1/s1. The molecule has 1 saturated heterocycles. The van der Waals surface area contributed by atoms with Crippen molar-refractivity contribution in [2.75, 3.05) is 13.7 Å². The van der Waals surface area contributed by atoms with Gasteiger partial charge in [0.15, 0.2) is 0 Å². The molecule has 26 heavy (non-hydrogen) atoms. The van der Waals surface area contributed by atoms with Crippen LogP contribution in [0.4, 0.5) is 0 Å². The Hall–Kier alpha value is -3.48. The van der Waals surface area contributed by atoms with E-state index in [9.17, 15) is 19.5 Å². The Morgan fingerprint density at radius 3 is 2.54 bits per heavy atom. The first-order chi connectivity index (χ1) is 12.5. The van der Waals surface area contributed by atoms with Crippen molar-refractivity contribution < 1.29 is 24.2 Å². The van der Waals surface area contributed by atoms with Crippen molar-refractivity contribution in [3.63, 3.8) is 0 Å².